The van der Waals surface area contributed by atoms with E-state index in [1.54, 1.807) is 0 Å². The molecule has 1 atom stereocenters. The Kier molecular flexibility index (Phi) is 3.05. The lowest BCUT2D eigenvalue weighted by molar-refractivity contribution is -0.125. The van der Waals surface area contributed by atoms with Crippen LogP contribution in [0.3, 0.4) is 0 Å². The van der Waals surface area contributed by atoms with Crippen molar-refractivity contribution in [1.82, 2.24) is 10.3 Å². The quantitative estimate of drug-likeness (QED) is 0.940. The zero-order chi connectivity index (χ0) is 14.2. The predicted octanol–water partition coefficient (Wildman–Crippen LogP) is 2.32. The highest BCUT2D eigenvalue weighted by Crippen LogP contribution is 2.27. The van der Waals surface area contributed by atoms with Crippen molar-refractivity contribution in [2.75, 3.05) is 18.0 Å². The molecule has 1 N–H and O–H groups in total. The van der Waals surface area contributed by atoms with E-state index in [0.29, 0.717) is 18.6 Å². The Morgan fingerprint density at radius 2 is 2.14 bits per heavy atom. The largest absolute Gasteiger partial charge is 0.423 e. The second-order valence-corrected chi connectivity index (χ2v) is 6.03. The van der Waals surface area contributed by atoms with Crippen molar-refractivity contribution in [3.8, 4) is 0 Å². The normalized spacial score (nSPS) is 22.5. The number of hydrogen-bond acceptors (Lipinski definition) is 4. The van der Waals surface area contributed by atoms with Gasteiger partial charge in [0.15, 0.2) is 5.58 Å². The lowest BCUT2D eigenvalue weighted by Crippen LogP contribution is -2.43. The Bertz CT molecular complexity index is 629. The number of para-hydroxylation sites is 2. The summed E-state index contributed by atoms with van der Waals surface area (Å²) >= 11 is 0. The fraction of sp³-hybridized carbons (Fsp3) is 0.500. The molecular formula is C16H19N3O2. The van der Waals surface area contributed by atoms with Gasteiger partial charge in [-0.1, -0.05) is 12.1 Å². The maximum absolute atomic E-state index is 12.2. The third-order valence-electron chi connectivity index (χ3n) is 4.27. The van der Waals surface area contributed by atoms with Gasteiger partial charge >= 0.3 is 0 Å². The lowest BCUT2D eigenvalue weighted by atomic mass is 9.97. The molecule has 21 heavy (non-hydrogen) atoms. The fourth-order valence-corrected chi connectivity index (χ4v) is 2.91. The molecule has 1 aliphatic carbocycles. The van der Waals surface area contributed by atoms with Gasteiger partial charge < -0.3 is 14.6 Å². The molecule has 2 aromatic rings. The average Bonchev–Trinajstić information content (AvgIpc) is 3.22. The SMILES string of the molecule is O=C(NC1CC1)C1CCCN(c2nc3ccccc3o2)C1. The van der Waals surface area contributed by atoms with Crippen molar-refractivity contribution >= 4 is 23.0 Å². The standard InChI is InChI=1S/C16H19N3O2/c20-15(17-12-7-8-12)11-4-3-9-19(10-11)16-18-13-5-1-2-6-14(13)21-16/h1-2,5-6,11-12H,3-4,7-10H2,(H,17,20). The minimum absolute atomic E-state index is 0.0503. The summed E-state index contributed by atoms with van der Waals surface area (Å²) in [6, 6.07) is 8.84. The van der Waals surface area contributed by atoms with Gasteiger partial charge in [0.2, 0.25) is 5.91 Å². The van der Waals surface area contributed by atoms with Gasteiger partial charge in [-0.05, 0) is 37.8 Å². The maximum atomic E-state index is 12.2. The number of anilines is 1. The first-order valence-electron chi connectivity index (χ1n) is 7.70. The predicted molar refractivity (Wildman–Crippen MR) is 80.1 cm³/mol. The van der Waals surface area contributed by atoms with E-state index in [4.69, 9.17) is 4.42 Å². The van der Waals surface area contributed by atoms with Crippen molar-refractivity contribution in [3.05, 3.63) is 24.3 Å². The summed E-state index contributed by atoms with van der Waals surface area (Å²) < 4.78 is 5.81. The van der Waals surface area contributed by atoms with Gasteiger partial charge in [0.1, 0.15) is 5.52 Å². The average molecular weight is 285 g/mol. The molecule has 1 saturated heterocycles. The number of amides is 1. The number of fused-ring (bicyclic) bond motifs is 1. The van der Waals surface area contributed by atoms with E-state index in [1.807, 2.05) is 24.3 Å². The Morgan fingerprint density at radius 3 is 2.95 bits per heavy atom. The topological polar surface area (TPSA) is 58.4 Å². The van der Waals surface area contributed by atoms with Crippen LogP contribution in [-0.2, 0) is 4.79 Å². The Labute approximate surface area is 123 Å². The van der Waals surface area contributed by atoms with Gasteiger partial charge in [-0.3, -0.25) is 4.79 Å². The van der Waals surface area contributed by atoms with Crippen LogP contribution in [0.15, 0.2) is 28.7 Å². The second-order valence-electron chi connectivity index (χ2n) is 6.03. The highest BCUT2D eigenvalue weighted by Gasteiger charge is 2.31. The van der Waals surface area contributed by atoms with Crippen LogP contribution < -0.4 is 10.2 Å². The summed E-state index contributed by atoms with van der Waals surface area (Å²) in [7, 11) is 0. The molecule has 0 spiro atoms. The van der Waals surface area contributed by atoms with E-state index >= 15 is 0 Å². The minimum atomic E-state index is 0.0503. The number of nitrogens with one attached hydrogen (secondary N) is 1. The summed E-state index contributed by atoms with van der Waals surface area (Å²) in [4.78, 5) is 18.8. The van der Waals surface area contributed by atoms with Gasteiger partial charge in [-0.25, -0.2) is 0 Å². The summed E-state index contributed by atoms with van der Waals surface area (Å²) in [6.07, 6.45) is 4.22. The molecule has 5 heteroatoms. The van der Waals surface area contributed by atoms with Crippen molar-refractivity contribution in [3.63, 3.8) is 0 Å². The zero-order valence-corrected chi connectivity index (χ0v) is 11.9. The minimum Gasteiger partial charge on any atom is -0.423 e. The van der Waals surface area contributed by atoms with Crippen LogP contribution in [0.1, 0.15) is 25.7 Å². The lowest BCUT2D eigenvalue weighted by Gasteiger charge is -2.30. The van der Waals surface area contributed by atoms with Gasteiger partial charge in [0, 0.05) is 19.1 Å². The van der Waals surface area contributed by atoms with Crippen molar-refractivity contribution in [2.24, 2.45) is 5.92 Å². The molecular weight excluding hydrogens is 266 g/mol. The summed E-state index contributed by atoms with van der Waals surface area (Å²) in [5, 5.41) is 3.11. The molecule has 1 unspecified atom stereocenters. The number of aromatic nitrogens is 1. The van der Waals surface area contributed by atoms with Crippen LogP contribution in [0.5, 0.6) is 0 Å². The highest BCUT2D eigenvalue weighted by atomic mass is 16.4. The summed E-state index contributed by atoms with van der Waals surface area (Å²) in [5.41, 5.74) is 1.68. The van der Waals surface area contributed by atoms with Crippen LogP contribution in [0.4, 0.5) is 6.01 Å². The molecule has 1 aromatic carbocycles. The molecule has 2 aliphatic rings. The maximum Gasteiger partial charge on any atom is 0.298 e. The summed E-state index contributed by atoms with van der Waals surface area (Å²) in [5.74, 6) is 0.243. The van der Waals surface area contributed by atoms with E-state index in [-0.39, 0.29) is 11.8 Å². The monoisotopic (exact) mass is 285 g/mol. The number of benzene rings is 1. The van der Waals surface area contributed by atoms with E-state index in [0.717, 1.165) is 43.3 Å². The van der Waals surface area contributed by atoms with Crippen molar-refractivity contribution < 1.29 is 9.21 Å². The number of hydrogen-bond donors (Lipinski definition) is 1. The molecule has 1 aromatic heterocycles. The Balaban J connectivity index is 1.50. The first-order chi connectivity index (χ1) is 10.3. The molecule has 0 radical (unpaired) electrons. The first kappa shape index (κ1) is 12.7. The number of carbonyl (C=O) groups excluding carboxylic acids is 1. The van der Waals surface area contributed by atoms with Crippen LogP contribution >= 0.6 is 0 Å². The summed E-state index contributed by atoms with van der Waals surface area (Å²) in [6.45, 7) is 1.60. The molecule has 1 amide bonds. The van der Waals surface area contributed by atoms with Crippen LogP contribution in [-0.4, -0.2) is 30.0 Å². The Morgan fingerprint density at radius 1 is 1.29 bits per heavy atom. The van der Waals surface area contributed by atoms with Crippen molar-refractivity contribution in [2.45, 2.75) is 31.7 Å². The molecule has 5 nitrogen and oxygen atoms in total. The molecule has 0 bridgehead atoms. The number of nitrogens with zero attached hydrogens (tertiary/aromatic N) is 2. The number of piperidine rings is 1. The number of oxazole rings is 1. The van der Waals surface area contributed by atoms with Crippen LogP contribution in [0.2, 0.25) is 0 Å². The zero-order valence-electron chi connectivity index (χ0n) is 11.9. The third-order valence-corrected chi connectivity index (χ3v) is 4.27. The number of rotatable bonds is 3. The van der Waals surface area contributed by atoms with Crippen molar-refractivity contribution in [1.29, 1.82) is 0 Å². The van der Waals surface area contributed by atoms with Gasteiger partial charge in [0.05, 0.1) is 5.92 Å². The van der Waals surface area contributed by atoms with Gasteiger partial charge in [-0.15, -0.1) is 0 Å². The van der Waals surface area contributed by atoms with E-state index in [9.17, 15) is 4.79 Å². The molecule has 2 fully saturated rings. The second kappa shape index (κ2) is 5.06. The Hall–Kier alpha value is -2.04. The smallest absolute Gasteiger partial charge is 0.298 e. The van der Waals surface area contributed by atoms with E-state index < -0.39 is 0 Å². The van der Waals surface area contributed by atoms with E-state index in [2.05, 4.69) is 15.2 Å². The van der Waals surface area contributed by atoms with Gasteiger partial charge in [0.25, 0.3) is 6.01 Å². The molecule has 2 heterocycles. The van der Waals surface area contributed by atoms with Gasteiger partial charge in [-0.2, -0.15) is 4.98 Å². The third kappa shape index (κ3) is 2.60. The fourth-order valence-electron chi connectivity index (χ4n) is 2.91. The first-order valence-corrected chi connectivity index (χ1v) is 7.70. The molecule has 4 rings (SSSR count). The molecule has 110 valence electrons. The van der Waals surface area contributed by atoms with Crippen LogP contribution in [0.25, 0.3) is 11.1 Å². The molecule has 1 saturated carbocycles. The van der Waals surface area contributed by atoms with Crippen LogP contribution in [0, 0.1) is 5.92 Å². The highest BCUT2D eigenvalue weighted by molar-refractivity contribution is 5.80. The van der Waals surface area contributed by atoms with E-state index in [1.165, 1.54) is 0 Å². The molecule has 1 aliphatic heterocycles. The number of carbonyl (C=O) groups is 1.